The van der Waals surface area contributed by atoms with Crippen LogP contribution < -0.4 is 5.32 Å². The lowest BCUT2D eigenvalue weighted by Gasteiger charge is -2.41. The van der Waals surface area contributed by atoms with Crippen molar-refractivity contribution in [1.82, 2.24) is 19.1 Å². The van der Waals surface area contributed by atoms with Crippen LogP contribution in [0.4, 0.5) is 9.93 Å². The van der Waals surface area contributed by atoms with E-state index < -0.39 is 10.0 Å². The summed E-state index contributed by atoms with van der Waals surface area (Å²) in [5, 5.41) is 3.78. The van der Waals surface area contributed by atoms with Gasteiger partial charge in [-0.2, -0.15) is 4.31 Å². The number of thiazole rings is 1. The monoisotopic (exact) mass is 497 g/mol. The van der Waals surface area contributed by atoms with Gasteiger partial charge < -0.3 is 4.90 Å². The number of carbonyl (C=O) groups excluding carboxylic acids is 1. The summed E-state index contributed by atoms with van der Waals surface area (Å²) in [4.78, 5) is 23.4. The van der Waals surface area contributed by atoms with Crippen molar-refractivity contribution in [3.05, 3.63) is 11.1 Å². The van der Waals surface area contributed by atoms with Crippen molar-refractivity contribution in [3.8, 4) is 0 Å². The Morgan fingerprint density at radius 3 is 2.15 bits per heavy atom. The highest BCUT2D eigenvalue weighted by Gasteiger charge is 2.33. The molecule has 1 N–H and O–H groups in total. The molecule has 0 unspecified atom stereocenters. The maximum atomic E-state index is 13.4. The Kier molecular flexibility index (Phi) is 8.64. The van der Waals surface area contributed by atoms with Crippen molar-refractivity contribution in [2.45, 2.75) is 89.8 Å². The third-order valence-corrected chi connectivity index (χ3v) is 10.2. The van der Waals surface area contributed by atoms with Gasteiger partial charge in [0.05, 0.1) is 5.75 Å². The number of rotatable bonds is 7. The molecule has 0 bridgehead atoms. The summed E-state index contributed by atoms with van der Waals surface area (Å²) in [5.74, 6) is 0.156. The lowest BCUT2D eigenvalue weighted by Crippen LogP contribution is -2.50. The average molecular weight is 498 g/mol. The predicted octanol–water partition coefficient (Wildman–Crippen LogP) is 4.11. The van der Waals surface area contributed by atoms with E-state index in [9.17, 15) is 13.2 Å². The Labute approximate surface area is 202 Å². The second kappa shape index (κ2) is 11.5. The number of urea groups is 1. The van der Waals surface area contributed by atoms with E-state index in [-0.39, 0.29) is 11.8 Å². The molecular formula is C23H39N5O3S2. The van der Waals surface area contributed by atoms with Crippen molar-refractivity contribution < 1.29 is 13.2 Å². The van der Waals surface area contributed by atoms with E-state index in [0.29, 0.717) is 30.3 Å². The topological polar surface area (TPSA) is 85.9 Å². The fourth-order valence-electron chi connectivity index (χ4n) is 5.51. The highest BCUT2D eigenvalue weighted by atomic mass is 32.2. The van der Waals surface area contributed by atoms with Gasteiger partial charge in [-0.15, -0.1) is 11.3 Å². The molecule has 186 valence electrons. The number of hydrogen-bond donors (Lipinski definition) is 1. The molecule has 2 saturated carbocycles. The second-order valence-electron chi connectivity index (χ2n) is 9.63. The lowest BCUT2D eigenvalue weighted by atomic mass is 9.89. The van der Waals surface area contributed by atoms with E-state index in [4.69, 9.17) is 0 Å². The molecule has 2 heterocycles. The first kappa shape index (κ1) is 24.9. The smallest absolute Gasteiger partial charge is 0.319 e. The maximum Gasteiger partial charge on any atom is 0.324 e. The van der Waals surface area contributed by atoms with Crippen molar-refractivity contribution in [1.29, 1.82) is 0 Å². The molecular weight excluding hydrogens is 458 g/mol. The Bertz CT molecular complexity index is 852. The molecule has 3 fully saturated rings. The van der Waals surface area contributed by atoms with Gasteiger partial charge in [-0.05, 0) is 32.6 Å². The molecule has 1 saturated heterocycles. The molecule has 1 aromatic rings. The van der Waals surface area contributed by atoms with Crippen LogP contribution in [0.5, 0.6) is 0 Å². The molecule has 0 aromatic carbocycles. The SMILES string of the molecule is CCS(=O)(=O)N1CCN(Cc2cnc(NC(=O)N(C3CCCCC3)C3CCCCC3)s2)CC1. The van der Waals surface area contributed by atoms with Gasteiger partial charge in [0, 0.05) is 55.9 Å². The molecule has 0 spiro atoms. The van der Waals surface area contributed by atoms with Gasteiger partial charge in [0.25, 0.3) is 0 Å². The molecule has 10 heteroatoms. The lowest BCUT2D eigenvalue weighted by molar-refractivity contribution is 0.114. The zero-order valence-corrected chi connectivity index (χ0v) is 21.5. The van der Waals surface area contributed by atoms with Crippen LogP contribution >= 0.6 is 11.3 Å². The van der Waals surface area contributed by atoms with Gasteiger partial charge in [-0.1, -0.05) is 38.5 Å². The van der Waals surface area contributed by atoms with Gasteiger partial charge in [-0.25, -0.2) is 18.2 Å². The molecule has 1 aromatic heterocycles. The number of nitrogens with zero attached hydrogens (tertiary/aromatic N) is 4. The normalized spacial score (nSPS) is 22.3. The van der Waals surface area contributed by atoms with Gasteiger partial charge >= 0.3 is 6.03 Å². The van der Waals surface area contributed by atoms with Crippen molar-refractivity contribution in [2.24, 2.45) is 0 Å². The molecule has 1 aliphatic heterocycles. The molecule has 4 rings (SSSR count). The van der Waals surface area contributed by atoms with Crippen LogP contribution in [0.2, 0.25) is 0 Å². The van der Waals surface area contributed by atoms with E-state index in [0.717, 1.165) is 50.2 Å². The van der Waals surface area contributed by atoms with E-state index >= 15 is 0 Å². The van der Waals surface area contributed by atoms with Crippen LogP contribution in [0.1, 0.15) is 76.0 Å². The van der Waals surface area contributed by atoms with Gasteiger partial charge in [0.15, 0.2) is 5.13 Å². The highest BCUT2D eigenvalue weighted by molar-refractivity contribution is 7.89. The minimum Gasteiger partial charge on any atom is -0.319 e. The number of hydrogen-bond acceptors (Lipinski definition) is 6. The summed E-state index contributed by atoms with van der Waals surface area (Å²) in [7, 11) is -3.11. The molecule has 2 aliphatic carbocycles. The summed E-state index contributed by atoms with van der Waals surface area (Å²) in [6.07, 6.45) is 13.8. The summed E-state index contributed by atoms with van der Waals surface area (Å²) in [5.41, 5.74) is 0. The quantitative estimate of drug-likeness (QED) is 0.613. The molecule has 3 aliphatic rings. The van der Waals surface area contributed by atoms with Crippen LogP contribution in [-0.4, -0.2) is 77.6 Å². The van der Waals surface area contributed by atoms with Crippen LogP contribution in [-0.2, 0) is 16.6 Å². The Hall–Kier alpha value is -1.23. The van der Waals surface area contributed by atoms with Crippen molar-refractivity contribution >= 4 is 32.5 Å². The fraction of sp³-hybridized carbons (Fsp3) is 0.826. The van der Waals surface area contributed by atoms with Crippen LogP contribution in [0.3, 0.4) is 0 Å². The molecule has 0 radical (unpaired) electrons. The first-order valence-electron chi connectivity index (χ1n) is 12.7. The first-order valence-corrected chi connectivity index (χ1v) is 15.1. The minimum absolute atomic E-state index is 0.0214. The zero-order chi connectivity index (χ0) is 23.3. The molecule has 0 atom stereocenters. The third kappa shape index (κ3) is 6.46. The van der Waals surface area contributed by atoms with Crippen LogP contribution in [0.25, 0.3) is 0 Å². The van der Waals surface area contributed by atoms with Crippen molar-refractivity contribution in [3.63, 3.8) is 0 Å². The zero-order valence-electron chi connectivity index (χ0n) is 19.9. The number of aromatic nitrogens is 1. The van der Waals surface area contributed by atoms with Gasteiger partial charge in [-0.3, -0.25) is 10.2 Å². The minimum atomic E-state index is -3.11. The third-order valence-electron chi connectivity index (χ3n) is 7.41. The standard InChI is InChI=1S/C23H39N5O3S2/c1-2-33(30,31)27-15-13-26(14-16-27)18-21-17-24-22(32-21)25-23(29)28(19-9-5-3-6-10-19)20-11-7-4-8-12-20/h17,19-20H,2-16,18H2,1H3,(H,24,25,29). The number of carbonyl (C=O) groups is 1. The number of amides is 2. The van der Waals surface area contributed by atoms with Crippen LogP contribution in [0, 0.1) is 0 Å². The number of piperazine rings is 1. The maximum absolute atomic E-state index is 13.4. The fourth-order valence-corrected chi connectivity index (χ4v) is 7.44. The second-order valence-corrected chi connectivity index (χ2v) is 13.0. The summed E-state index contributed by atoms with van der Waals surface area (Å²) in [6, 6.07) is 0.738. The summed E-state index contributed by atoms with van der Waals surface area (Å²) >= 11 is 1.53. The van der Waals surface area contributed by atoms with Gasteiger partial charge in [0.2, 0.25) is 10.0 Å². The largest absolute Gasteiger partial charge is 0.324 e. The first-order chi connectivity index (χ1) is 16.0. The van der Waals surface area contributed by atoms with E-state index in [1.165, 1.54) is 49.9 Å². The average Bonchev–Trinajstić information content (AvgIpc) is 3.27. The molecule has 2 amide bonds. The summed E-state index contributed by atoms with van der Waals surface area (Å²) in [6.45, 7) is 4.94. The van der Waals surface area contributed by atoms with E-state index in [2.05, 4.69) is 20.1 Å². The number of sulfonamides is 1. The van der Waals surface area contributed by atoms with E-state index in [1.807, 2.05) is 6.20 Å². The van der Waals surface area contributed by atoms with Gasteiger partial charge in [0.1, 0.15) is 0 Å². The summed E-state index contributed by atoms with van der Waals surface area (Å²) < 4.78 is 25.7. The van der Waals surface area contributed by atoms with Crippen molar-refractivity contribution in [2.75, 3.05) is 37.2 Å². The van der Waals surface area contributed by atoms with Crippen LogP contribution in [0.15, 0.2) is 6.20 Å². The Balaban J connectivity index is 1.33. The number of anilines is 1. The van der Waals surface area contributed by atoms with E-state index in [1.54, 1.807) is 11.2 Å². The number of nitrogens with one attached hydrogen (secondary N) is 1. The highest BCUT2D eigenvalue weighted by Crippen LogP contribution is 2.31. The Morgan fingerprint density at radius 2 is 1.61 bits per heavy atom. The Morgan fingerprint density at radius 1 is 1.03 bits per heavy atom. The predicted molar refractivity (Wildman–Crippen MR) is 133 cm³/mol. The molecule has 33 heavy (non-hydrogen) atoms. The molecule has 8 nitrogen and oxygen atoms in total.